The first kappa shape index (κ1) is 14.8. The summed E-state index contributed by atoms with van der Waals surface area (Å²) in [5, 5.41) is 0. The molecule has 0 aliphatic carbocycles. The molecule has 0 amide bonds. The highest BCUT2D eigenvalue weighted by Gasteiger charge is 2.07. The van der Waals surface area contributed by atoms with Gasteiger partial charge in [-0.05, 0) is 42.7 Å². The van der Waals surface area contributed by atoms with Gasteiger partial charge in [0.2, 0.25) is 0 Å². The van der Waals surface area contributed by atoms with E-state index in [9.17, 15) is 4.21 Å². The van der Waals surface area contributed by atoms with Gasteiger partial charge >= 0.3 is 0 Å². The maximum atomic E-state index is 12.3. The summed E-state index contributed by atoms with van der Waals surface area (Å²) < 4.78 is 17.5. The Morgan fingerprint density at radius 2 is 1.85 bits per heavy atom. The van der Waals surface area contributed by atoms with Gasteiger partial charge in [-0.3, -0.25) is 4.21 Å². The van der Waals surface area contributed by atoms with Gasteiger partial charge < -0.3 is 4.74 Å². The van der Waals surface area contributed by atoms with Crippen LogP contribution in [0.5, 0.6) is 5.75 Å². The van der Waals surface area contributed by atoms with Crippen LogP contribution < -0.4 is 4.74 Å². The molecule has 3 heteroatoms. The Morgan fingerprint density at radius 1 is 1.05 bits per heavy atom. The summed E-state index contributed by atoms with van der Waals surface area (Å²) in [4.78, 5) is 0. The molecule has 0 radical (unpaired) electrons. The maximum absolute atomic E-state index is 12.3. The first-order valence-corrected chi connectivity index (χ1v) is 8.11. The second-order valence-electron chi connectivity index (χ2n) is 5.01. The molecule has 2 aromatic carbocycles. The summed E-state index contributed by atoms with van der Waals surface area (Å²) in [6.07, 6.45) is 0. The van der Waals surface area contributed by atoms with Gasteiger partial charge in [-0.15, -0.1) is 0 Å². The van der Waals surface area contributed by atoms with Crippen molar-refractivity contribution in [2.45, 2.75) is 25.4 Å². The Kier molecular flexibility index (Phi) is 4.96. The minimum absolute atomic E-state index is 0.560. The summed E-state index contributed by atoms with van der Waals surface area (Å²) in [6, 6.07) is 14.1. The number of methoxy groups -OCH3 is 1. The third-order valence-corrected chi connectivity index (χ3v) is 4.57. The molecule has 2 aromatic rings. The third-order valence-electron chi connectivity index (χ3n) is 3.28. The number of hydrogen-bond acceptors (Lipinski definition) is 2. The highest BCUT2D eigenvalue weighted by Crippen LogP contribution is 2.17. The zero-order valence-electron chi connectivity index (χ0n) is 12.2. The Morgan fingerprint density at radius 3 is 2.60 bits per heavy atom. The Hall–Kier alpha value is -1.61. The van der Waals surface area contributed by atoms with Crippen molar-refractivity contribution in [3.63, 3.8) is 0 Å². The van der Waals surface area contributed by atoms with E-state index >= 15 is 0 Å². The predicted molar refractivity (Wildman–Crippen MR) is 84.5 cm³/mol. The van der Waals surface area contributed by atoms with Crippen LogP contribution in [0, 0.1) is 13.8 Å². The topological polar surface area (TPSA) is 26.3 Å². The van der Waals surface area contributed by atoms with Gasteiger partial charge in [0, 0.05) is 22.3 Å². The van der Waals surface area contributed by atoms with Gasteiger partial charge in [-0.2, -0.15) is 0 Å². The summed E-state index contributed by atoms with van der Waals surface area (Å²) in [5.74, 6) is 1.97. The molecule has 0 aromatic heterocycles. The normalized spacial score (nSPS) is 12.2. The van der Waals surface area contributed by atoms with E-state index in [4.69, 9.17) is 4.74 Å². The van der Waals surface area contributed by atoms with E-state index in [2.05, 4.69) is 32.0 Å². The molecule has 0 N–H and O–H groups in total. The quantitative estimate of drug-likeness (QED) is 0.837. The lowest BCUT2D eigenvalue weighted by atomic mass is 10.1. The van der Waals surface area contributed by atoms with Crippen LogP contribution >= 0.6 is 0 Å². The smallest absolute Gasteiger partial charge is 0.119 e. The van der Waals surface area contributed by atoms with Crippen LogP contribution in [0.2, 0.25) is 0 Å². The maximum Gasteiger partial charge on any atom is 0.119 e. The average Bonchev–Trinajstić information content (AvgIpc) is 2.43. The second kappa shape index (κ2) is 6.71. The summed E-state index contributed by atoms with van der Waals surface area (Å²) in [6.45, 7) is 4.13. The van der Waals surface area contributed by atoms with E-state index in [1.807, 2.05) is 24.3 Å². The largest absolute Gasteiger partial charge is 0.497 e. The van der Waals surface area contributed by atoms with Crippen LogP contribution in [0.3, 0.4) is 0 Å². The molecule has 2 rings (SSSR count). The summed E-state index contributed by atoms with van der Waals surface area (Å²) in [7, 11) is 0.739. The first-order valence-electron chi connectivity index (χ1n) is 6.62. The van der Waals surface area contributed by atoms with E-state index in [0.717, 1.165) is 11.3 Å². The Bertz CT molecular complexity index is 620. The van der Waals surface area contributed by atoms with Gasteiger partial charge in [-0.1, -0.05) is 35.9 Å². The van der Waals surface area contributed by atoms with E-state index in [0.29, 0.717) is 11.5 Å². The SMILES string of the molecule is COc1cccc(CS(=O)Cc2cc(C)ccc2C)c1. The molecule has 2 nitrogen and oxygen atoms in total. The van der Waals surface area contributed by atoms with Crippen molar-refractivity contribution < 1.29 is 8.95 Å². The zero-order chi connectivity index (χ0) is 14.5. The number of rotatable bonds is 5. The lowest BCUT2D eigenvalue weighted by Gasteiger charge is -2.08. The highest BCUT2D eigenvalue weighted by atomic mass is 32.2. The molecule has 1 unspecified atom stereocenters. The van der Waals surface area contributed by atoms with Crippen LogP contribution in [-0.2, 0) is 22.3 Å². The van der Waals surface area contributed by atoms with E-state index in [1.54, 1.807) is 7.11 Å². The summed E-state index contributed by atoms with van der Waals surface area (Å²) >= 11 is 0. The average molecular weight is 288 g/mol. The third kappa shape index (κ3) is 3.94. The van der Waals surface area contributed by atoms with Gasteiger partial charge in [0.25, 0.3) is 0 Å². The molecular weight excluding hydrogens is 268 g/mol. The second-order valence-corrected chi connectivity index (χ2v) is 6.47. The fourth-order valence-corrected chi connectivity index (χ4v) is 3.44. The summed E-state index contributed by atoms with van der Waals surface area (Å²) in [5.41, 5.74) is 4.64. The van der Waals surface area contributed by atoms with Gasteiger partial charge in [0.05, 0.1) is 7.11 Å². The number of aryl methyl sites for hydroxylation is 2. The van der Waals surface area contributed by atoms with E-state index in [-0.39, 0.29) is 0 Å². The molecule has 0 saturated carbocycles. The van der Waals surface area contributed by atoms with Crippen molar-refractivity contribution in [2.75, 3.05) is 7.11 Å². The van der Waals surface area contributed by atoms with Gasteiger partial charge in [0.15, 0.2) is 0 Å². The van der Waals surface area contributed by atoms with Crippen LogP contribution in [0.25, 0.3) is 0 Å². The number of benzene rings is 2. The first-order chi connectivity index (χ1) is 9.58. The van der Waals surface area contributed by atoms with Crippen molar-refractivity contribution in [1.82, 2.24) is 0 Å². The standard InChI is InChI=1S/C17H20O2S/c1-13-7-8-14(2)16(9-13)12-20(18)11-15-5-4-6-17(10-15)19-3/h4-10H,11-12H2,1-3H3. The van der Waals surface area contributed by atoms with Crippen molar-refractivity contribution >= 4 is 10.8 Å². The molecule has 0 heterocycles. The zero-order valence-corrected chi connectivity index (χ0v) is 13.0. The molecule has 20 heavy (non-hydrogen) atoms. The van der Waals surface area contributed by atoms with Gasteiger partial charge in [-0.25, -0.2) is 0 Å². The molecule has 0 fully saturated rings. The van der Waals surface area contributed by atoms with Crippen molar-refractivity contribution in [2.24, 2.45) is 0 Å². The molecule has 0 bridgehead atoms. The Labute approximate surface area is 123 Å². The van der Waals surface area contributed by atoms with Crippen LogP contribution in [0.4, 0.5) is 0 Å². The van der Waals surface area contributed by atoms with Crippen molar-refractivity contribution in [1.29, 1.82) is 0 Å². The van der Waals surface area contributed by atoms with E-state index in [1.165, 1.54) is 16.7 Å². The minimum Gasteiger partial charge on any atom is -0.497 e. The van der Waals surface area contributed by atoms with E-state index < -0.39 is 10.8 Å². The molecule has 106 valence electrons. The molecule has 0 saturated heterocycles. The predicted octanol–water partition coefficient (Wildman–Crippen LogP) is 3.76. The van der Waals surface area contributed by atoms with Gasteiger partial charge in [0.1, 0.15) is 5.75 Å². The minimum atomic E-state index is -0.906. The molecule has 1 atom stereocenters. The fraction of sp³-hybridized carbons (Fsp3) is 0.294. The van der Waals surface area contributed by atoms with Crippen molar-refractivity contribution in [3.8, 4) is 5.75 Å². The molecular formula is C17H20O2S. The lowest BCUT2D eigenvalue weighted by molar-refractivity contribution is 0.414. The number of ether oxygens (including phenoxy) is 1. The lowest BCUT2D eigenvalue weighted by Crippen LogP contribution is -2.01. The molecule has 0 aliphatic heterocycles. The Balaban J connectivity index is 2.07. The van der Waals surface area contributed by atoms with Crippen LogP contribution in [0.15, 0.2) is 42.5 Å². The van der Waals surface area contributed by atoms with Crippen molar-refractivity contribution in [3.05, 3.63) is 64.7 Å². The van der Waals surface area contributed by atoms with Crippen LogP contribution in [0.1, 0.15) is 22.3 Å². The van der Waals surface area contributed by atoms with Crippen LogP contribution in [-0.4, -0.2) is 11.3 Å². The fourth-order valence-electron chi connectivity index (χ4n) is 2.13. The monoisotopic (exact) mass is 288 g/mol. The molecule has 0 spiro atoms. The number of hydrogen-bond donors (Lipinski definition) is 0. The molecule has 0 aliphatic rings. The highest BCUT2D eigenvalue weighted by molar-refractivity contribution is 7.83.